The molecule has 1 saturated heterocycles. The van der Waals surface area contributed by atoms with Crippen molar-refractivity contribution in [2.45, 2.75) is 26.5 Å². The van der Waals surface area contributed by atoms with Gasteiger partial charge >= 0.3 is 11.9 Å². The summed E-state index contributed by atoms with van der Waals surface area (Å²) in [6.07, 6.45) is 1.45. The number of aromatic nitrogens is 1. The molecule has 1 aliphatic heterocycles. The number of aliphatic hydroxyl groups is 1. The highest BCUT2D eigenvalue weighted by molar-refractivity contribution is 7.17. The van der Waals surface area contributed by atoms with Gasteiger partial charge in [-0.15, -0.1) is 0 Å². The minimum absolute atomic E-state index is 0.000334. The van der Waals surface area contributed by atoms with Crippen LogP contribution < -0.4 is 14.4 Å². The first-order valence-electron chi connectivity index (χ1n) is 15.4. The number of hydrogen-bond acceptors (Lipinski definition) is 9. The molecule has 1 amide bonds. The lowest BCUT2D eigenvalue weighted by Gasteiger charge is -2.23. The molecule has 5 aromatic rings. The molecular weight excluding hydrogens is 641 g/mol. The number of thiazole rings is 1. The Kier molecular flexibility index (Phi) is 9.68. The van der Waals surface area contributed by atoms with Crippen LogP contribution in [-0.2, 0) is 20.9 Å². The molecule has 246 valence electrons. The lowest BCUT2D eigenvalue weighted by atomic mass is 9.94. The maximum Gasteiger partial charge on any atom is 0.350 e. The molecule has 1 aliphatic rings. The number of carbonyl (C=O) groups is 3. The first-order valence-corrected chi connectivity index (χ1v) is 16.2. The van der Waals surface area contributed by atoms with Crippen LogP contribution in [0.3, 0.4) is 0 Å². The molecule has 0 saturated carbocycles. The number of ether oxygens (including phenoxy) is 3. The summed E-state index contributed by atoms with van der Waals surface area (Å²) in [4.78, 5) is 46.4. The number of benzene rings is 4. The third-order valence-corrected chi connectivity index (χ3v) is 8.94. The number of rotatable bonds is 11. The van der Waals surface area contributed by atoms with Gasteiger partial charge in [0.25, 0.3) is 5.78 Å². The van der Waals surface area contributed by atoms with Crippen LogP contribution in [0.2, 0.25) is 0 Å². The molecule has 1 fully saturated rings. The molecule has 0 unspecified atom stereocenters. The number of hydrogen-bond donors (Lipinski definition) is 1. The quantitative estimate of drug-likeness (QED) is 0.0492. The van der Waals surface area contributed by atoms with Crippen molar-refractivity contribution >= 4 is 39.9 Å². The molecule has 49 heavy (non-hydrogen) atoms. The van der Waals surface area contributed by atoms with Gasteiger partial charge in [0.15, 0.2) is 5.13 Å². The van der Waals surface area contributed by atoms with Crippen LogP contribution in [-0.4, -0.2) is 34.4 Å². The third kappa shape index (κ3) is 7.00. The summed E-state index contributed by atoms with van der Waals surface area (Å²) in [5, 5.41) is 11.9. The predicted octanol–water partition coefficient (Wildman–Crippen LogP) is 8.10. The Balaban J connectivity index is 1.42. The van der Waals surface area contributed by atoms with E-state index >= 15 is 0 Å². The van der Waals surface area contributed by atoms with Crippen LogP contribution in [0.1, 0.15) is 43.7 Å². The van der Waals surface area contributed by atoms with E-state index in [2.05, 4.69) is 11.6 Å². The monoisotopic (exact) mass is 672 g/mol. The summed E-state index contributed by atoms with van der Waals surface area (Å²) < 4.78 is 17.3. The van der Waals surface area contributed by atoms with Gasteiger partial charge in [-0.1, -0.05) is 84.7 Å². The highest BCUT2D eigenvalue weighted by atomic mass is 32.1. The lowest BCUT2D eigenvalue weighted by Crippen LogP contribution is -2.29. The van der Waals surface area contributed by atoms with Gasteiger partial charge in [-0.25, -0.2) is 9.78 Å². The fourth-order valence-corrected chi connectivity index (χ4v) is 6.46. The standard InChI is InChI=1S/C39H32N2O7S/c1-4-20-46-38(45)36-25(3)40-39(49-36)41-33(27-14-11-17-30(22-27)48-28-15-9-6-10-16-28)32(35(43)37(41)44)34(42)31-19-18-29(21-24(31)2)47-23-26-12-7-5-8-13-26/h4-19,21-22,33,42H,1,20,23H2,2-3H3/b34-32+/t33-/m1/s1. The Bertz CT molecular complexity index is 2070. The number of esters is 1. The van der Waals surface area contributed by atoms with Crippen molar-refractivity contribution in [1.29, 1.82) is 0 Å². The number of nitrogens with zero attached hydrogens (tertiary/aromatic N) is 2. The van der Waals surface area contributed by atoms with E-state index in [1.807, 2.05) is 48.5 Å². The SMILES string of the molecule is C=CCOC(=O)c1sc(N2C(=O)C(=O)/C(=C(/O)c3ccc(OCc4ccccc4)cc3C)[C@H]2c2cccc(Oc3ccccc3)c2)nc1C. The van der Waals surface area contributed by atoms with Gasteiger partial charge in [-0.2, -0.15) is 0 Å². The Morgan fingerprint density at radius 2 is 1.63 bits per heavy atom. The zero-order valence-electron chi connectivity index (χ0n) is 26.8. The number of aliphatic hydroxyl groups excluding tert-OH is 1. The number of amides is 1. The zero-order chi connectivity index (χ0) is 34.5. The van der Waals surface area contributed by atoms with Crippen molar-refractivity contribution in [3.8, 4) is 17.2 Å². The number of para-hydroxylation sites is 1. The van der Waals surface area contributed by atoms with Gasteiger partial charge in [0.05, 0.1) is 17.3 Å². The largest absolute Gasteiger partial charge is 0.507 e. The van der Waals surface area contributed by atoms with E-state index in [9.17, 15) is 19.5 Å². The van der Waals surface area contributed by atoms with Gasteiger partial charge < -0.3 is 19.3 Å². The van der Waals surface area contributed by atoms with Crippen LogP contribution in [0.25, 0.3) is 5.76 Å². The number of aryl methyl sites for hydroxylation is 2. The molecule has 0 radical (unpaired) electrons. The van der Waals surface area contributed by atoms with E-state index < -0.39 is 23.7 Å². The highest BCUT2D eigenvalue weighted by Crippen LogP contribution is 2.45. The minimum atomic E-state index is -1.10. The molecule has 2 heterocycles. The van der Waals surface area contributed by atoms with Crippen LogP contribution in [0.15, 0.2) is 121 Å². The molecule has 0 bridgehead atoms. The summed E-state index contributed by atoms with van der Waals surface area (Å²) in [5.74, 6) is -1.16. The van der Waals surface area contributed by atoms with Gasteiger partial charge in [-0.3, -0.25) is 14.5 Å². The van der Waals surface area contributed by atoms with Crippen molar-refractivity contribution < 1.29 is 33.7 Å². The molecule has 1 aromatic heterocycles. The van der Waals surface area contributed by atoms with Gasteiger partial charge in [0, 0.05) is 5.56 Å². The second-order valence-electron chi connectivity index (χ2n) is 11.2. The first-order chi connectivity index (χ1) is 23.7. The van der Waals surface area contributed by atoms with Gasteiger partial charge in [-0.05, 0) is 73.0 Å². The Morgan fingerprint density at radius 3 is 2.35 bits per heavy atom. The van der Waals surface area contributed by atoms with Crippen molar-refractivity contribution in [1.82, 2.24) is 4.98 Å². The fraction of sp³-hybridized carbons (Fsp3) is 0.128. The molecule has 4 aromatic carbocycles. The van der Waals surface area contributed by atoms with E-state index in [4.69, 9.17) is 14.2 Å². The van der Waals surface area contributed by atoms with Crippen LogP contribution in [0.5, 0.6) is 17.2 Å². The Labute approximate surface area is 287 Å². The zero-order valence-corrected chi connectivity index (χ0v) is 27.6. The molecule has 1 atom stereocenters. The fourth-order valence-electron chi connectivity index (χ4n) is 5.47. The molecule has 0 aliphatic carbocycles. The van der Waals surface area contributed by atoms with Gasteiger partial charge in [0.1, 0.15) is 41.1 Å². The Morgan fingerprint density at radius 1 is 0.918 bits per heavy atom. The van der Waals surface area contributed by atoms with Crippen molar-refractivity contribution in [3.05, 3.63) is 154 Å². The van der Waals surface area contributed by atoms with Crippen molar-refractivity contribution in [3.63, 3.8) is 0 Å². The van der Waals surface area contributed by atoms with Crippen molar-refractivity contribution in [2.75, 3.05) is 11.5 Å². The van der Waals surface area contributed by atoms with E-state index in [-0.39, 0.29) is 27.9 Å². The van der Waals surface area contributed by atoms with E-state index in [1.54, 1.807) is 68.4 Å². The molecule has 6 rings (SSSR count). The summed E-state index contributed by atoms with van der Waals surface area (Å²) >= 11 is 0.926. The average Bonchev–Trinajstić information content (AvgIpc) is 3.62. The lowest BCUT2D eigenvalue weighted by molar-refractivity contribution is -0.132. The van der Waals surface area contributed by atoms with E-state index in [1.165, 1.54) is 11.0 Å². The van der Waals surface area contributed by atoms with Crippen LogP contribution >= 0.6 is 11.3 Å². The molecule has 9 nitrogen and oxygen atoms in total. The number of ketones is 1. The van der Waals surface area contributed by atoms with Crippen LogP contribution in [0, 0.1) is 13.8 Å². The predicted molar refractivity (Wildman–Crippen MR) is 187 cm³/mol. The van der Waals surface area contributed by atoms with Crippen LogP contribution in [0.4, 0.5) is 5.13 Å². The number of anilines is 1. The number of carbonyl (C=O) groups excluding carboxylic acids is 3. The molecule has 0 spiro atoms. The summed E-state index contributed by atoms with van der Waals surface area (Å²) in [5.41, 5.74) is 2.67. The minimum Gasteiger partial charge on any atom is -0.507 e. The van der Waals surface area contributed by atoms with Crippen molar-refractivity contribution in [2.24, 2.45) is 0 Å². The second-order valence-corrected chi connectivity index (χ2v) is 12.2. The van der Waals surface area contributed by atoms with Gasteiger partial charge in [0.2, 0.25) is 0 Å². The first kappa shape index (κ1) is 32.9. The summed E-state index contributed by atoms with van der Waals surface area (Å²) in [6.45, 7) is 7.33. The molecule has 10 heteroatoms. The smallest absolute Gasteiger partial charge is 0.350 e. The summed E-state index contributed by atoms with van der Waals surface area (Å²) in [7, 11) is 0. The maximum atomic E-state index is 13.9. The number of Topliss-reactive ketones (excluding diaryl/α,β-unsaturated/α-hetero) is 1. The normalized spacial score (nSPS) is 15.2. The maximum absolute atomic E-state index is 13.9. The average molecular weight is 673 g/mol. The summed E-state index contributed by atoms with van der Waals surface area (Å²) in [6, 6.07) is 29.9. The third-order valence-electron chi connectivity index (χ3n) is 7.81. The molecular formula is C39H32N2O7S. The topological polar surface area (TPSA) is 115 Å². The van der Waals surface area contributed by atoms with E-state index in [0.717, 1.165) is 16.9 Å². The second kappa shape index (κ2) is 14.4. The molecule has 1 N–H and O–H groups in total. The highest BCUT2D eigenvalue weighted by Gasteiger charge is 2.48. The van der Waals surface area contributed by atoms with E-state index in [0.29, 0.717) is 46.2 Å². The Hall–Kier alpha value is -6.00.